The number of phenols is 1. The van der Waals surface area contributed by atoms with Crippen LogP contribution in [-0.4, -0.2) is 44.4 Å². The molecule has 0 saturated carbocycles. The molecule has 10 heteroatoms. The van der Waals surface area contributed by atoms with Crippen molar-refractivity contribution in [2.75, 3.05) is 38.1 Å². The molecule has 0 radical (unpaired) electrons. The highest BCUT2D eigenvalue weighted by Crippen LogP contribution is 2.54. The molecule has 1 aromatic heterocycles. The van der Waals surface area contributed by atoms with Gasteiger partial charge in [0.25, 0.3) is 5.91 Å². The second-order valence-electron chi connectivity index (χ2n) is 9.57. The van der Waals surface area contributed by atoms with Crippen LogP contribution in [-0.2, 0) is 4.79 Å². The summed E-state index contributed by atoms with van der Waals surface area (Å²) in [4.78, 5) is 28.3. The van der Waals surface area contributed by atoms with E-state index in [-0.39, 0.29) is 36.2 Å². The van der Waals surface area contributed by atoms with Gasteiger partial charge >= 0.3 is 0 Å². The van der Waals surface area contributed by atoms with Gasteiger partial charge < -0.3 is 35.8 Å². The SMILES string of the molecule is CNc1cc([C@@H]2c3cc4c(cc3[C@@H](NC(=O)c3ccc(C)s3)[C@H]3CNC(=O)[C@H]23)OCO4)cc(NC)c1O. The number of phenolic OH excluding ortho intramolecular Hbond substituents is 1. The molecule has 2 aromatic carbocycles. The highest BCUT2D eigenvalue weighted by atomic mass is 32.1. The molecule has 3 aromatic rings. The van der Waals surface area contributed by atoms with Crippen molar-refractivity contribution >= 4 is 34.5 Å². The van der Waals surface area contributed by atoms with Crippen LogP contribution in [0.5, 0.6) is 17.2 Å². The first-order chi connectivity index (χ1) is 17.9. The quantitative estimate of drug-likeness (QED) is 0.326. The van der Waals surface area contributed by atoms with Gasteiger partial charge in [0.1, 0.15) is 0 Å². The highest BCUT2D eigenvalue weighted by molar-refractivity contribution is 7.13. The molecule has 1 saturated heterocycles. The topological polar surface area (TPSA) is 121 Å². The number of carbonyl (C=O) groups excluding carboxylic acids is 2. The van der Waals surface area contributed by atoms with Crippen LogP contribution in [0.4, 0.5) is 11.4 Å². The van der Waals surface area contributed by atoms with Crippen LogP contribution < -0.4 is 30.7 Å². The Kier molecular flexibility index (Phi) is 5.63. The summed E-state index contributed by atoms with van der Waals surface area (Å²) in [6.07, 6.45) is 0. The van der Waals surface area contributed by atoms with E-state index >= 15 is 0 Å². The third-order valence-corrected chi connectivity index (χ3v) is 8.59. The summed E-state index contributed by atoms with van der Waals surface area (Å²) < 4.78 is 11.4. The van der Waals surface area contributed by atoms with Crippen molar-refractivity contribution in [1.29, 1.82) is 0 Å². The van der Waals surface area contributed by atoms with E-state index in [0.717, 1.165) is 21.6 Å². The van der Waals surface area contributed by atoms with Gasteiger partial charge in [-0.3, -0.25) is 9.59 Å². The lowest BCUT2D eigenvalue weighted by Gasteiger charge is -2.40. The number of hydrogen-bond donors (Lipinski definition) is 5. The summed E-state index contributed by atoms with van der Waals surface area (Å²) >= 11 is 1.44. The van der Waals surface area contributed by atoms with Gasteiger partial charge in [-0.2, -0.15) is 0 Å². The Morgan fingerprint density at radius 1 is 1.05 bits per heavy atom. The van der Waals surface area contributed by atoms with Gasteiger partial charge in [-0.1, -0.05) is 0 Å². The Morgan fingerprint density at radius 3 is 2.35 bits per heavy atom. The third-order valence-electron chi connectivity index (χ3n) is 7.59. The monoisotopic (exact) mass is 520 g/mol. The van der Waals surface area contributed by atoms with E-state index in [1.165, 1.54) is 11.3 Å². The second kappa shape index (κ2) is 8.88. The van der Waals surface area contributed by atoms with Crippen LogP contribution in [0.1, 0.15) is 43.2 Å². The number of anilines is 2. The predicted molar refractivity (Wildman–Crippen MR) is 141 cm³/mol. The first-order valence-corrected chi connectivity index (χ1v) is 13.0. The fraction of sp³-hybridized carbons (Fsp3) is 0.333. The van der Waals surface area contributed by atoms with Gasteiger partial charge in [0.2, 0.25) is 12.7 Å². The van der Waals surface area contributed by atoms with Gasteiger partial charge in [-0.25, -0.2) is 0 Å². The minimum absolute atomic E-state index is 0.0605. The van der Waals surface area contributed by atoms with E-state index in [9.17, 15) is 14.7 Å². The number of fused-ring (bicyclic) bond motifs is 3. The number of aromatic hydroxyl groups is 1. The Bertz CT molecular complexity index is 1390. The average Bonchev–Trinajstić information content (AvgIpc) is 3.63. The third kappa shape index (κ3) is 3.74. The minimum Gasteiger partial charge on any atom is -0.504 e. The summed E-state index contributed by atoms with van der Waals surface area (Å²) in [6, 6.07) is 11.0. The highest BCUT2D eigenvalue weighted by Gasteiger charge is 2.51. The summed E-state index contributed by atoms with van der Waals surface area (Å²) in [7, 11) is 3.49. The van der Waals surface area contributed by atoms with Crippen LogP contribution in [0, 0.1) is 18.8 Å². The molecule has 0 spiro atoms. The van der Waals surface area contributed by atoms with E-state index in [4.69, 9.17) is 9.47 Å². The maximum Gasteiger partial charge on any atom is 0.261 e. The van der Waals surface area contributed by atoms with Crippen LogP contribution in [0.3, 0.4) is 0 Å². The Morgan fingerprint density at radius 2 is 1.73 bits per heavy atom. The van der Waals surface area contributed by atoms with Crippen molar-refractivity contribution in [3.8, 4) is 17.2 Å². The van der Waals surface area contributed by atoms with Crippen LogP contribution >= 0.6 is 11.3 Å². The Balaban J connectivity index is 1.52. The van der Waals surface area contributed by atoms with Gasteiger partial charge in [-0.15, -0.1) is 11.3 Å². The largest absolute Gasteiger partial charge is 0.504 e. The zero-order valence-corrected chi connectivity index (χ0v) is 21.5. The van der Waals surface area contributed by atoms with E-state index in [0.29, 0.717) is 34.3 Å². The van der Waals surface area contributed by atoms with Crippen LogP contribution in [0.15, 0.2) is 36.4 Å². The number of nitrogens with one attached hydrogen (secondary N) is 4. The lowest BCUT2D eigenvalue weighted by Crippen LogP contribution is -2.42. The molecule has 4 atom stereocenters. The molecule has 1 aliphatic carbocycles. The van der Waals surface area contributed by atoms with Crippen molar-refractivity contribution in [2.24, 2.45) is 11.8 Å². The minimum atomic E-state index is -0.429. The summed E-state index contributed by atoms with van der Waals surface area (Å²) in [5.74, 6) is 0.186. The number of carbonyl (C=O) groups is 2. The smallest absolute Gasteiger partial charge is 0.261 e. The molecule has 2 amide bonds. The first-order valence-electron chi connectivity index (χ1n) is 12.2. The molecule has 192 valence electrons. The molecule has 3 aliphatic rings. The number of amides is 2. The second-order valence-corrected chi connectivity index (χ2v) is 10.9. The van der Waals surface area contributed by atoms with Crippen molar-refractivity contribution < 1.29 is 24.2 Å². The Labute approximate surface area is 218 Å². The number of ether oxygens (including phenoxy) is 2. The number of thiophene rings is 1. The van der Waals surface area contributed by atoms with Gasteiger partial charge in [0, 0.05) is 37.4 Å². The molecule has 0 unspecified atom stereocenters. The standard InChI is InChI=1S/C27H28N4O5S/c1-12-4-5-21(37-12)26(33)31-24-15-9-20-19(35-11-36-20)8-14(15)22(23-16(24)10-30-27(23)34)13-6-17(28-2)25(32)18(7-13)29-3/h4-9,16,22-24,28-29,32H,10-11H2,1-3H3,(H,30,34)(H,31,33)/t16-,22+,23-,24+/m0/s1. The Hall–Kier alpha value is -3.92. The number of benzene rings is 2. The van der Waals surface area contributed by atoms with E-state index in [1.54, 1.807) is 14.1 Å². The zero-order valence-electron chi connectivity index (χ0n) is 20.7. The van der Waals surface area contributed by atoms with Crippen LogP contribution in [0.2, 0.25) is 0 Å². The fourth-order valence-electron chi connectivity index (χ4n) is 5.88. The van der Waals surface area contributed by atoms with E-state index in [1.807, 2.05) is 43.3 Å². The molecule has 6 rings (SSSR count). The van der Waals surface area contributed by atoms with Crippen molar-refractivity contribution in [2.45, 2.75) is 18.9 Å². The van der Waals surface area contributed by atoms with Gasteiger partial charge in [0.05, 0.1) is 28.2 Å². The maximum atomic E-state index is 13.4. The average molecular weight is 521 g/mol. The van der Waals surface area contributed by atoms with E-state index < -0.39 is 12.0 Å². The summed E-state index contributed by atoms with van der Waals surface area (Å²) in [6.45, 7) is 2.53. The molecule has 9 nitrogen and oxygen atoms in total. The number of rotatable bonds is 5. The zero-order chi connectivity index (χ0) is 25.8. The summed E-state index contributed by atoms with van der Waals surface area (Å²) in [5.41, 5.74) is 3.78. The lowest BCUT2D eigenvalue weighted by molar-refractivity contribution is -0.123. The molecule has 1 fully saturated rings. The molecular formula is C27H28N4O5S. The predicted octanol–water partition coefficient (Wildman–Crippen LogP) is 3.55. The van der Waals surface area contributed by atoms with Crippen LogP contribution in [0.25, 0.3) is 0 Å². The van der Waals surface area contributed by atoms with Crippen molar-refractivity contribution in [3.63, 3.8) is 0 Å². The molecule has 5 N–H and O–H groups in total. The van der Waals surface area contributed by atoms with E-state index in [2.05, 4.69) is 21.3 Å². The van der Waals surface area contributed by atoms with Gasteiger partial charge in [0.15, 0.2) is 17.2 Å². The summed E-state index contributed by atoms with van der Waals surface area (Å²) in [5, 5.41) is 23.0. The lowest BCUT2D eigenvalue weighted by atomic mass is 9.65. The van der Waals surface area contributed by atoms with Crippen molar-refractivity contribution in [1.82, 2.24) is 10.6 Å². The first kappa shape index (κ1) is 23.5. The molecular weight excluding hydrogens is 492 g/mol. The number of aryl methyl sites for hydroxylation is 1. The molecule has 37 heavy (non-hydrogen) atoms. The van der Waals surface area contributed by atoms with Crippen molar-refractivity contribution in [3.05, 3.63) is 62.8 Å². The fourth-order valence-corrected chi connectivity index (χ4v) is 6.65. The number of hydrogen-bond acceptors (Lipinski definition) is 8. The normalized spacial score (nSPS) is 23.2. The van der Waals surface area contributed by atoms with Gasteiger partial charge in [-0.05, 0) is 60.0 Å². The molecule has 2 aliphatic heterocycles. The maximum absolute atomic E-state index is 13.4. The molecule has 0 bridgehead atoms. The molecule has 3 heterocycles.